The second-order valence-corrected chi connectivity index (χ2v) is 5.44. The van der Waals surface area contributed by atoms with Gasteiger partial charge < -0.3 is 0 Å². The Labute approximate surface area is 134 Å². The summed E-state index contributed by atoms with van der Waals surface area (Å²) in [5.74, 6) is 0. The van der Waals surface area contributed by atoms with Gasteiger partial charge in [0.2, 0.25) is 0 Å². The fourth-order valence-corrected chi connectivity index (χ4v) is 2.59. The Hall–Kier alpha value is -3.19. The van der Waals surface area contributed by atoms with Crippen LogP contribution in [0.3, 0.4) is 0 Å². The molecule has 2 aromatic carbocycles. The van der Waals surface area contributed by atoms with Crippen LogP contribution in [-0.4, -0.2) is 16.1 Å². The van der Waals surface area contributed by atoms with Crippen molar-refractivity contribution in [3.05, 3.63) is 65.4 Å². The van der Waals surface area contributed by atoms with Crippen LogP contribution in [0.15, 0.2) is 48.5 Å². The van der Waals surface area contributed by atoms with Crippen molar-refractivity contribution in [1.82, 2.24) is 9.78 Å². The molecule has 3 aromatic rings. The maximum atomic E-state index is 11.0. The monoisotopic (exact) mass is 301 g/mol. The first-order valence-corrected chi connectivity index (χ1v) is 7.23. The molecular formula is C19H15N3O. The highest BCUT2D eigenvalue weighted by atomic mass is 16.1. The van der Waals surface area contributed by atoms with Gasteiger partial charge in [0.25, 0.3) is 0 Å². The van der Waals surface area contributed by atoms with E-state index >= 15 is 0 Å². The zero-order chi connectivity index (χ0) is 16.4. The number of nitriles is 1. The molecule has 0 bridgehead atoms. The van der Waals surface area contributed by atoms with E-state index in [9.17, 15) is 10.1 Å². The number of carbonyl (C=O) groups is 1. The molecule has 23 heavy (non-hydrogen) atoms. The minimum Gasteiger partial charge on any atom is -0.296 e. The smallest absolute Gasteiger partial charge is 0.168 e. The first kappa shape index (κ1) is 14.7. The summed E-state index contributed by atoms with van der Waals surface area (Å²) in [4.78, 5) is 11.0. The van der Waals surface area contributed by atoms with Crippen LogP contribution in [-0.2, 0) is 7.05 Å². The lowest BCUT2D eigenvalue weighted by molar-refractivity contribution is 0.111. The molecule has 0 aliphatic heterocycles. The Morgan fingerprint density at radius 2 is 1.96 bits per heavy atom. The van der Waals surface area contributed by atoms with E-state index in [-0.39, 0.29) is 0 Å². The van der Waals surface area contributed by atoms with Gasteiger partial charge >= 0.3 is 0 Å². The van der Waals surface area contributed by atoms with E-state index in [0.29, 0.717) is 17.0 Å². The number of aryl methyl sites for hydroxylation is 2. The summed E-state index contributed by atoms with van der Waals surface area (Å²) in [6.07, 6.45) is 0.767. The first-order valence-electron chi connectivity index (χ1n) is 7.23. The normalized spacial score (nSPS) is 10.3. The zero-order valence-electron chi connectivity index (χ0n) is 12.9. The van der Waals surface area contributed by atoms with Crippen LogP contribution in [0.2, 0.25) is 0 Å². The molecule has 0 atom stereocenters. The fourth-order valence-electron chi connectivity index (χ4n) is 2.59. The SMILES string of the molecule is Cc1cccc(-c2ccc(-c3cc(C=O)n(C)n3)cc2C#N)c1. The van der Waals surface area contributed by atoms with Crippen molar-refractivity contribution in [2.24, 2.45) is 7.05 Å². The number of nitrogens with zero attached hydrogens (tertiary/aromatic N) is 3. The van der Waals surface area contributed by atoms with E-state index in [4.69, 9.17) is 0 Å². The van der Waals surface area contributed by atoms with Gasteiger partial charge in [-0.3, -0.25) is 9.48 Å². The van der Waals surface area contributed by atoms with Gasteiger partial charge in [0.05, 0.1) is 17.3 Å². The predicted molar refractivity (Wildman–Crippen MR) is 88.9 cm³/mol. The first-order chi connectivity index (χ1) is 11.1. The van der Waals surface area contributed by atoms with Crippen molar-refractivity contribution in [3.8, 4) is 28.5 Å². The number of hydrogen-bond acceptors (Lipinski definition) is 3. The molecule has 0 aliphatic rings. The Kier molecular flexibility index (Phi) is 3.78. The Bertz CT molecular complexity index is 932. The summed E-state index contributed by atoms with van der Waals surface area (Å²) in [5, 5.41) is 13.8. The van der Waals surface area contributed by atoms with E-state index in [2.05, 4.69) is 17.2 Å². The second-order valence-electron chi connectivity index (χ2n) is 5.44. The highest BCUT2D eigenvalue weighted by molar-refractivity contribution is 5.78. The van der Waals surface area contributed by atoms with Crippen LogP contribution in [0.5, 0.6) is 0 Å². The Balaban J connectivity index is 2.10. The maximum Gasteiger partial charge on any atom is 0.168 e. The van der Waals surface area contributed by atoms with E-state index < -0.39 is 0 Å². The molecule has 0 N–H and O–H groups in total. The molecule has 0 fully saturated rings. The van der Waals surface area contributed by atoms with Gasteiger partial charge in [-0.25, -0.2) is 0 Å². The topological polar surface area (TPSA) is 58.7 Å². The van der Waals surface area contributed by atoms with Gasteiger partial charge in [0.15, 0.2) is 6.29 Å². The number of aromatic nitrogens is 2. The molecule has 0 spiro atoms. The van der Waals surface area contributed by atoms with E-state index in [1.165, 1.54) is 4.68 Å². The van der Waals surface area contributed by atoms with Crippen LogP contribution < -0.4 is 0 Å². The molecular weight excluding hydrogens is 286 g/mol. The second kappa shape index (κ2) is 5.90. The molecule has 0 saturated carbocycles. The molecule has 112 valence electrons. The van der Waals surface area contributed by atoms with Crippen LogP contribution in [0, 0.1) is 18.3 Å². The van der Waals surface area contributed by atoms with Crippen molar-refractivity contribution >= 4 is 6.29 Å². The lowest BCUT2D eigenvalue weighted by Gasteiger charge is -2.07. The molecule has 0 aliphatic carbocycles. The molecule has 0 amide bonds. The molecule has 0 saturated heterocycles. The summed E-state index contributed by atoms with van der Waals surface area (Å²) < 4.78 is 1.53. The van der Waals surface area contributed by atoms with E-state index in [1.807, 2.05) is 43.3 Å². The van der Waals surface area contributed by atoms with Gasteiger partial charge in [-0.1, -0.05) is 42.0 Å². The summed E-state index contributed by atoms with van der Waals surface area (Å²) in [6, 6.07) is 17.7. The van der Waals surface area contributed by atoms with Gasteiger partial charge in [0.1, 0.15) is 5.69 Å². The predicted octanol–water partition coefficient (Wildman–Crippen LogP) is 3.75. The quantitative estimate of drug-likeness (QED) is 0.692. The summed E-state index contributed by atoms with van der Waals surface area (Å²) in [5.41, 5.74) is 5.65. The summed E-state index contributed by atoms with van der Waals surface area (Å²) in [6.45, 7) is 2.03. The summed E-state index contributed by atoms with van der Waals surface area (Å²) in [7, 11) is 1.72. The van der Waals surface area contributed by atoms with Gasteiger partial charge in [-0.05, 0) is 30.2 Å². The van der Waals surface area contributed by atoms with Crippen LogP contribution >= 0.6 is 0 Å². The number of hydrogen-bond donors (Lipinski definition) is 0. The lowest BCUT2D eigenvalue weighted by Crippen LogP contribution is -1.95. The Morgan fingerprint density at radius 3 is 2.61 bits per heavy atom. The average Bonchev–Trinajstić information content (AvgIpc) is 2.95. The number of rotatable bonds is 3. The molecule has 1 heterocycles. The third kappa shape index (κ3) is 2.77. The van der Waals surface area contributed by atoms with Crippen molar-refractivity contribution in [2.75, 3.05) is 0 Å². The van der Waals surface area contributed by atoms with Crippen molar-refractivity contribution in [2.45, 2.75) is 6.92 Å². The molecule has 4 nitrogen and oxygen atoms in total. The number of benzene rings is 2. The highest BCUT2D eigenvalue weighted by Crippen LogP contribution is 2.28. The number of aldehydes is 1. The van der Waals surface area contributed by atoms with Crippen LogP contribution in [0.4, 0.5) is 0 Å². The molecule has 0 unspecified atom stereocenters. The van der Waals surface area contributed by atoms with Gasteiger partial charge in [-0.15, -0.1) is 0 Å². The summed E-state index contributed by atoms with van der Waals surface area (Å²) >= 11 is 0. The van der Waals surface area contributed by atoms with Crippen molar-refractivity contribution in [1.29, 1.82) is 5.26 Å². The third-order valence-corrected chi connectivity index (χ3v) is 3.80. The third-order valence-electron chi connectivity index (χ3n) is 3.80. The fraction of sp³-hybridized carbons (Fsp3) is 0.105. The van der Waals surface area contributed by atoms with Crippen LogP contribution in [0.25, 0.3) is 22.4 Å². The number of carbonyl (C=O) groups excluding carboxylic acids is 1. The minimum atomic E-state index is 0.501. The van der Waals surface area contributed by atoms with E-state index in [0.717, 1.165) is 28.5 Å². The Morgan fingerprint density at radius 1 is 1.13 bits per heavy atom. The van der Waals surface area contributed by atoms with Gasteiger partial charge in [-0.2, -0.15) is 10.4 Å². The highest BCUT2D eigenvalue weighted by Gasteiger charge is 2.11. The lowest BCUT2D eigenvalue weighted by atomic mass is 9.96. The van der Waals surface area contributed by atoms with Crippen LogP contribution in [0.1, 0.15) is 21.6 Å². The van der Waals surface area contributed by atoms with Crippen molar-refractivity contribution in [3.63, 3.8) is 0 Å². The molecule has 3 rings (SSSR count). The largest absolute Gasteiger partial charge is 0.296 e. The standard InChI is InChI=1S/C19H15N3O/c1-13-4-3-5-14(8-13)18-7-6-15(9-16(18)11-20)19-10-17(12-23)22(2)21-19/h3-10,12H,1-2H3. The molecule has 4 heteroatoms. The zero-order valence-corrected chi connectivity index (χ0v) is 12.9. The minimum absolute atomic E-state index is 0.501. The maximum absolute atomic E-state index is 11.0. The van der Waals surface area contributed by atoms with Gasteiger partial charge in [0, 0.05) is 12.6 Å². The molecule has 0 radical (unpaired) electrons. The molecule has 1 aromatic heterocycles. The van der Waals surface area contributed by atoms with Crippen molar-refractivity contribution < 1.29 is 4.79 Å². The van der Waals surface area contributed by atoms with E-state index in [1.54, 1.807) is 13.1 Å². The average molecular weight is 301 g/mol.